The summed E-state index contributed by atoms with van der Waals surface area (Å²) in [6.45, 7) is 0.265. The summed E-state index contributed by atoms with van der Waals surface area (Å²) in [6, 6.07) is 14.5. The molecule has 4 heterocycles. The standard InChI is InChI=1S/C31H25FN8O/c1-38-28-6-4-3-5-21(28)26(37-38)12-8-18-7-9-19(34-15-18)17-40(20-10-11-20)31(41)22-13-23-27(14-25(22)32)36-30(33)24-16-35-39(2)29(23)24/h3-7,9,13-16,20H,10-11,17H2,1-2H3,(H2,33,36). The van der Waals surface area contributed by atoms with Gasteiger partial charge < -0.3 is 10.6 Å². The van der Waals surface area contributed by atoms with E-state index in [2.05, 4.69) is 32.0 Å². The van der Waals surface area contributed by atoms with Gasteiger partial charge in [0.25, 0.3) is 5.91 Å². The molecular weight excluding hydrogens is 519 g/mol. The van der Waals surface area contributed by atoms with Crippen LogP contribution in [0.4, 0.5) is 10.2 Å². The lowest BCUT2D eigenvalue weighted by molar-refractivity contribution is 0.0723. The molecule has 1 aliphatic carbocycles. The summed E-state index contributed by atoms with van der Waals surface area (Å²) in [6.07, 6.45) is 5.05. The molecule has 0 spiro atoms. The van der Waals surface area contributed by atoms with Crippen LogP contribution in [0.2, 0.25) is 0 Å². The highest BCUT2D eigenvalue weighted by Gasteiger charge is 2.34. The number of carbonyl (C=O) groups excluding carboxylic acids is 1. The van der Waals surface area contributed by atoms with Crippen molar-refractivity contribution in [1.29, 1.82) is 0 Å². The maximum absolute atomic E-state index is 15.3. The number of benzene rings is 2. The quantitative estimate of drug-likeness (QED) is 0.331. The first kappa shape index (κ1) is 24.7. The Bertz CT molecular complexity index is 2060. The Morgan fingerprint density at radius 3 is 2.66 bits per heavy atom. The molecule has 7 rings (SSSR count). The van der Waals surface area contributed by atoms with E-state index in [4.69, 9.17) is 5.73 Å². The highest BCUT2D eigenvalue weighted by atomic mass is 19.1. The SMILES string of the molecule is Cn1nc(C#Cc2ccc(CN(C(=O)c3cc4c(cc3F)nc(N)c3cnn(C)c34)C3CC3)nc2)c2ccccc21. The van der Waals surface area contributed by atoms with E-state index in [9.17, 15) is 4.79 Å². The highest BCUT2D eigenvalue weighted by Crippen LogP contribution is 2.33. The number of aryl methyl sites for hydroxylation is 2. The summed E-state index contributed by atoms with van der Waals surface area (Å²) in [4.78, 5) is 24.3. The van der Waals surface area contributed by atoms with Gasteiger partial charge in [0.05, 0.1) is 45.9 Å². The number of nitrogens with zero attached hydrogens (tertiary/aromatic N) is 7. The third kappa shape index (κ3) is 4.32. The van der Waals surface area contributed by atoms with Gasteiger partial charge in [-0.2, -0.15) is 10.2 Å². The number of pyridine rings is 2. The molecule has 0 unspecified atom stereocenters. The second-order valence-electron chi connectivity index (χ2n) is 10.3. The average Bonchev–Trinajstić information content (AvgIpc) is 3.67. The molecule has 41 heavy (non-hydrogen) atoms. The minimum Gasteiger partial charge on any atom is -0.383 e. The van der Waals surface area contributed by atoms with E-state index < -0.39 is 5.82 Å². The van der Waals surface area contributed by atoms with Crippen molar-refractivity contribution in [2.24, 2.45) is 14.1 Å². The van der Waals surface area contributed by atoms with Crippen molar-refractivity contribution in [2.45, 2.75) is 25.4 Å². The van der Waals surface area contributed by atoms with Crippen molar-refractivity contribution in [3.8, 4) is 11.8 Å². The van der Waals surface area contributed by atoms with Crippen LogP contribution in [0, 0.1) is 17.7 Å². The number of halogens is 1. The number of para-hydroxylation sites is 1. The molecule has 202 valence electrons. The molecule has 1 amide bonds. The molecule has 1 aliphatic rings. The molecule has 6 aromatic rings. The maximum atomic E-state index is 15.3. The number of aromatic nitrogens is 6. The molecule has 0 bridgehead atoms. The molecule has 0 aliphatic heterocycles. The Kier molecular flexibility index (Phi) is 5.68. The van der Waals surface area contributed by atoms with E-state index in [1.54, 1.807) is 35.1 Å². The smallest absolute Gasteiger partial charge is 0.257 e. The monoisotopic (exact) mass is 544 g/mol. The Morgan fingerprint density at radius 1 is 1.05 bits per heavy atom. The van der Waals surface area contributed by atoms with E-state index in [-0.39, 0.29) is 29.9 Å². The number of nitrogens with two attached hydrogens (primary N) is 1. The summed E-state index contributed by atoms with van der Waals surface area (Å²) in [5.74, 6) is 5.53. The zero-order valence-electron chi connectivity index (χ0n) is 22.5. The van der Waals surface area contributed by atoms with Crippen molar-refractivity contribution < 1.29 is 9.18 Å². The van der Waals surface area contributed by atoms with Gasteiger partial charge in [0.1, 0.15) is 17.3 Å². The van der Waals surface area contributed by atoms with E-state index in [1.165, 1.54) is 6.07 Å². The van der Waals surface area contributed by atoms with E-state index in [1.807, 2.05) is 48.1 Å². The van der Waals surface area contributed by atoms with Crippen molar-refractivity contribution in [2.75, 3.05) is 5.73 Å². The zero-order valence-corrected chi connectivity index (χ0v) is 22.5. The summed E-state index contributed by atoms with van der Waals surface area (Å²) in [5, 5.41) is 11.1. The number of fused-ring (bicyclic) bond motifs is 4. The van der Waals surface area contributed by atoms with Crippen LogP contribution in [0.25, 0.3) is 32.7 Å². The number of carbonyl (C=O) groups is 1. The van der Waals surface area contributed by atoms with E-state index in [0.29, 0.717) is 33.2 Å². The molecule has 1 saturated carbocycles. The first-order valence-electron chi connectivity index (χ1n) is 13.3. The van der Waals surface area contributed by atoms with Gasteiger partial charge in [-0.3, -0.25) is 19.1 Å². The lowest BCUT2D eigenvalue weighted by Gasteiger charge is -2.22. The van der Waals surface area contributed by atoms with Gasteiger partial charge in [-0.25, -0.2) is 9.37 Å². The topological polar surface area (TPSA) is 108 Å². The molecule has 4 aromatic heterocycles. The van der Waals surface area contributed by atoms with Gasteiger partial charge in [-0.15, -0.1) is 0 Å². The second-order valence-corrected chi connectivity index (χ2v) is 10.3. The largest absolute Gasteiger partial charge is 0.383 e. The molecule has 0 radical (unpaired) electrons. The van der Waals surface area contributed by atoms with Crippen LogP contribution in [-0.4, -0.2) is 46.4 Å². The Hall–Kier alpha value is -5.30. The van der Waals surface area contributed by atoms with Gasteiger partial charge in [-0.1, -0.05) is 18.1 Å². The van der Waals surface area contributed by atoms with Crippen molar-refractivity contribution in [1.82, 2.24) is 34.4 Å². The van der Waals surface area contributed by atoms with Crippen LogP contribution in [-0.2, 0) is 20.6 Å². The van der Waals surface area contributed by atoms with Gasteiger partial charge in [-0.05, 0) is 49.1 Å². The Labute approximate surface area is 234 Å². The molecule has 2 N–H and O–H groups in total. The molecule has 1 fully saturated rings. The van der Waals surface area contributed by atoms with Crippen LogP contribution in [0.5, 0.6) is 0 Å². The molecule has 2 aromatic carbocycles. The van der Waals surface area contributed by atoms with E-state index >= 15 is 4.39 Å². The molecule has 0 saturated heterocycles. The molecule has 9 nitrogen and oxygen atoms in total. The lowest BCUT2D eigenvalue weighted by Crippen LogP contribution is -2.33. The fraction of sp³-hybridized carbons (Fsp3) is 0.194. The normalized spacial score (nSPS) is 13.0. The number of rotatable bonds is 4. The van der Waals surface area contributed by atoms with Crippen molar-refractivity contribution >= 4 is 44.4 Å². The molecule has 0 atom stereocenters. The summed E-state index contributed by atoms with van der Waals surface area (Å²) < 4.78 is 18.8. The number of hydrogen-bond donors (Lipinski definition) is 1. The predicted molar refractivity (Wildman–Crippen MR) is 154 cm³/mol. The third-order valence-electron chi connectivity index (χ3n) is 7.52. The van der Waals surface area contributed by atoms with Crippen molar-refractivity contribution in [3.05, 3.63) is 89.3 Å². The second kappa shape index (κ2) is 9.41. The first-order valence-corrected chi connectivity index (χ1v) is 13.3. The van der Waals surface area contributed by atoms with Gasteiger partial charge in [0.2, 0.25) is 0 Å². The number of nitrogen functional groups attached to an aromatic ring is 1. The van der Waals surface area contributed by atoms with E-state index in [0.717, 1.165) is 29.3 Å². The van der Waals surface area contributed by atoms with Gasteiger partial charge >= 0.3 is 0 Å². The lowest BCUT2D eigenvalue weighted by atomic mass is 10.1. The Morgan fingerprint density at radius 2 is 1.88 bits per heavy atom. The van der Waals surface area contributed by atoms with Crippen LogP contribution in [0.15, 0.2) is 60.9 Å². The predicted octanol–water partition coefficient (Wildman–Crippen LogP) is 4.33. The summed E-state index contributed by atoms with van der Waals surface area (Å²) in [5.41, 5.74) is 10.3. The van der Waals surface area contributed by atoms with Gasteiger partial charge in [0, 0.05) is 48.7 Å². The maximum Gasteiger partial charge on any atom is 0.257 e. The minimum absolute atomic E-state index is 0.0106. The first-order chi connectivity index (χ1) is 19.9. The van der Waals surface area contributed by atoms with Crippen LogP contribution in [0.1, 0.15) is 40.2 Å². The zero-order chi connectivity index (χ0) is 28.2. The fourth-order valence-electron chi connectivity index (χ4n) is 5.25. The number of amides is 1. The number of anilines is 1. The minimum atomic E-state index is -0.637. The summed E-state index contributed by atoms with van der Waals surface area (Å²) >= 11 is 0. The average molecular weight is 545 g/mol. The number of hydrogen-bond acceptors (Lipinski definition) is 6. The third-order valence-corrected chi connectivity index (χ3v) is 7.52. The van der Waals surface area contributed by atoms with Crippen molar-refractivity contribution in [3.63, 3.8) is 0 Å². The van der Waals surface area contributed by atoms with Crippen LogP contribution in [0.3, 0.4) is 0 Å². The summed E-state index contributed by atoms with van der Waals surface area (Å²) in [7, 11) is 3.67. The Balaban J connectivity index is 1.16. The highest BCUT2D eigenvalue weighted by molar-refractivity contribution is 6.10. The van der Waals surface area contributed by atoms with Gasteiger partial charge in [0.15, 0.2) is 0 Å². The fourth-order valence-corrected chi connectivity index (χ4v) is 5.25. The van der Waals surface area contributed by atoms with Crippen LogP contribution >= 0.6 is 0 Å². The van der Waals surface area contributed by atoms with Crippen LogP contribution < -0.4 is 5.73 Å². The molecule has 10 heteroatoms. The molecular formula is C31H25FN8O.